The highest BCUT2D eigenvalue weighted by atomic mass is 16.5. The predicted octanol–water partition coefficient (Wildman–Crippen LogP) is 3.45. The summed E-state index contributed by atoms with van der Waals surface area (Å²) in [7, 11) is 1.69. The standard InChI is InChI=1S/C20H29N3O2/c1-16-13-18(17(2)23(16)11-12-25-3)14-19(15-21)20(24)22-9-7-5-4-6-8-10-22/h13-14H,4-12H2,1-3H3/b19-14+. The van der Waals surface area contributed by atoms with Crippen molar-refractivity contribution >= 4 is 12.0 Å². The summed E-state index contributed by atoms with van der Waals surface area (Å²) in [6, 6.07) is 4.15. The zero-order valence-electron chi connectivity index (χ0n) is 15.7. The summed E-state index contributed by atoms with van der Waals surface area (Å²) in [6.07, 6.45) is 7.36. The van der Waals surface area contributed by atoms with Gasteiger partial charge >= 0.3 is 0 Å². The lowest BCUT2D eigenvalue weighted by Gasteiger charge is -2.24. The van der Waals surface area contributed by atoms with Crippen LogP contribution in [0.2, 0.25) is 0 Å². The zero-order chi connectivity index (χ0) is 18.2. The number of rotatable bonds is 5. The smallest absolute Gasteiger partial charge is 0.264 e. The number of aromatic nitrogens is 1. The molecule has 0 saturated carbocycles. The summed E-state index contributed by atoms with van der Waals surface area (Å²) >= 11 is 0. The highest BCUT2D eigenvalue weighted by Gasteiger charge is 2.19. The van der Waals surface area contributed by atoms with Gasteiger partial charge in [-0.2, -0.15) is 5.26 Å². The molecule has 5 nitrogen and oxygen atoms in total. The Morgan fingerprint density at radius 1 is 1.24 bits per heavy atom. The lowest BCUT2D eigenvalue weighted by Crippen LogP contribution is -2.34. The third-order valence-electron chi connectivity index (χ3n) is 4.93. The molecular weight excluding hydrogens is 314 g/mol. The molecule has 2 heterocycles. The van der Waals surface area contributed by atoms with Crippen LogP contribution in [0.1, 0.15) is 49.1 Å². The van der Waals surface area contributed by atoms with Crippen LogP contribution in [0, 0.1) is 25.2 Å². The molecule has 2 rings (SSSR count). The molecule has 0 aromatic carbocycles. The minimum Gasteiger partial charge on any atom is -0.383 e. The predicted molar refractivity (Wildman–Crippen MR) is 99.0 cm³/mol. The zero-order valence-corrected chi connectivity index (χ0v) is 15.7. The fourth-order valence-electron chi connectivity index (χ4n) is 3.42. The van der Waals surface area contributed by atoms with E-state index >= 15 is 0 Å². The van der Waals surface area contributed by atoms with Gasteiger partial charge in [-0.25, -0.2) is 0 Å². The van der Waals surface area contributed by atoms with E-state index in [1.54, 1.807) is 13.2 Å². The van der Waals surface area contributed by atoms with Crippen LogP contribution in [0.4, 0.5) is 0 Å². The Labute approximate surface area is 150 Å². The van der Waals surface area contributed by atoms with Gasteiger partial charge in [-0.1, -0.05) is 19.3 Å². The van der Waals surface area contributed by atoms with Gasteiger partial charge in [0.25, 0.3) is 5.91 Å². The Morgan fingerprint density at radius 3 is 2.48 bits per heavy atom. The number of nitriles is 1. The first-order chi connectivity index (χ1) is 12.1. The van der Waals surface area contributed by atoms with Crippen molar-refractivity contribution in [2.45, 2.75) is 52.5 Å². The number of nitrogens with zero attached hydrogens (tertiary/aromatic N) is 3. The number of carbonyl (C=O) groups is 1. The largest absolute Gasteiger partial charge is 0.383 e. The second kappa shape index (κ2) is 9.43. The molecule has 0 atom stereocenters. The van der Waals surface area contributed by atoms with E-state index in [9.17, 15) is 10.1 Å². The van der Waals surface area contributed by atoms with E-state index in [1.807, 2.05) is 24.8 Å². The second-order valence-electron chi connectivity index (χ2n) is 6.70. The third-order valence-corrected chi connectivity index (χ3v) is 4.93. The van der Waals surface area contributed by atoms with Gasteiger partial charge < -0.3 is 14.2 Å². The molecule has 1 aliphatic rings. The molecule has 0 unspecified atom stereocenters. The normalized spacial score (nSPS) is 16.2. The Bertz CT molecular complexity index is 659. The highest BCUT2D eigenvalue weighted by Crippen LogP contribution is 2.20. The van der Waals surface area contributed by atoms with Crippen molar-refractivity contribution in [3.05, 3.63) is 28.6 Å². The summed E-state index contributed by atoms with van der Waals surface area (Å²) in [4.78, 5) is 14.6. The van der Waals surface area contributed by atoms with E-state index in [0.717, 1.165) is 62.3 Å². The summed E-state index contributed by atoms with van der Waals surface area (Å²) in [5.41, 5.74) is 3.33. The summed E-state index contributed by atoms with van der Waals surface area (Å²) < 4.78 is 7.32. The third kappa shape index (κ3) is 4.96. The Balaban J connectivity index is 2.21. The molecule has 1 aliphatic heterocycles. The van der Waals surface area contributed by atoms with E-state index in [1.165, 1.54) is 6.42 Å². The maximum atomic E-state index is 12.8. The minimum absolute atomic E-state index is 0.133. The van der Waals surface area contributed by atoms with Crippen LogP contribution in [0.15, 0.2) is 11.6 Å². The summed E-state index contributed by atoms with van der Waals surface area (Å²) in [6.45, 7) is 6.97. The number of amides is 1. The monoisotopic (exact) mass is 343 g/mol. The van der Waals surface area contributed by atoms with E-state index in [4.69, 9.17) is 4.74 Å². The number of ether oxygens (including phenoxy) is 1. The first-order valence-corrected chi connectivity index (χ1v) is 9.15. The minimum atomic E-state index is -0.133. The first kappa shape index (κ1) is 19.3. The molecule has 25 heavy (non-hydrogen) atoms. The Kier molecular flexibility index (Phi) is 7.27. The second-order valence-corrected chi connectivity index (χ2v) is 6.70. The summed E-state index contributed by atoms with van der Waals surface area (Å²) in [5.74, 6) is -0.133. The van der Waals surface area contributed by atoms with Crippen LogP contribution in [0.25, 0.3) is 6.08 Å². The van der Waals surface area contributed by atoms with E-state index < -0.39 is 0 Å². The van der Waals surface area contributed by atoms with Gasteiger partial charge in [-0.05, 0) is 44.4 Å². The molecule has 1 aromatic rings. The van der Waals surface area contributed by atoms with Crippen molar-refractivity contribution in [2.75, 3.05) is 26.8 Å². The molecule has 0 spiro atoms. The van der Waals surface area contributed by atoms with Crippen molar-refractivity contribution in [1.29, 1.82) is 5.26 Å². The number of hydrogen-bond acceptors (Lipinski definition) is 3. The van der Waals surface area contributed by atoms with E-state index in [0.29, 0.717) is 6.61 Å². The molecule has 1 amide bonds. The molecule has 136 valence electrons. The molecule has 5 heteroatoms. The topological polar surface area (TPSA) is 58.3 Å². The highest BCUT2D eigenvalue weighted by molar-refractivity contribution is 6.01. The van der Waals surface area contributed by atoms with Gasteiger partial charge in [0, 0.05) is 38.1 Å². The van der Waals surface area contributed by atoms with Gasteiger partial charge in [0.15, 0.2) is 0 Å². The number of carbonyl (C=O) groups excluding carboxylic acids is 1. The van der Waals surface area contributed by atoms with Gasteiger partial charge in [0.1, 0.15) is 11.6 Å². The van der Waals surface area contributed by atoms with Gasteiger partial charge in [0.2, 0.25) is 0 Å². The van der Waals surface area contributed by atoms with E-state index in [-0.39, 0.29) is 11.5 Å². The molecule has 1 aromatic heterocycles. The van der Waals surface area contributed by atoms with Crippen LogP contribution >= 0.6 is 0 Å². The maximum absolute atomic E-state index is 12.8. The van der Waals surface area contributed by atoms with E-state index in [2.05, 4.69) is 10.6 Å². The van der Waals surface area contributed by atoms with Crippen LogP contribution in [-0.4, -0.2) is 42.2 Å². The quantitative estimate of drug-likeness (QED) is 0.608. The van der Waals surface area contributed by atoms with Crippen molar-refractivity contribution < 1.29 is 9.53 Å². The lowest BCUT2D eigenvalue weighted by atomic mass is 10.1. The maximum Gasteiger partial charge on any atom is 0.264 e. The Morgan fingerprint density at radius 2 is 1.88 bits per heavy atom. The van der Waals surface area contributed by atoms with Gasteiger partial charge in [0.05, 0.1) is 6.61 Å². The molecular formula is C20H29N3O2. The van der Waals surface area contributed by atoms with Crippen LogP contribution in [0.5, 0.6) is 0 Å². The van der Waals surface area contributed by atoms with Crippen LogP contribution in [-0.2, 0) is 16.1 Å². The van der Waals surface area contributed by atoms with Crippen LogP contribution < -0.4 is 0 Å². The van der Waals surface area contributed by atoms with Crippen molar-refractivity contribution in [3.8, 4) is 6.07 Å². The summed E-state index contributed by atoms with van der Waals surface area (Å²) in [5, 5.41) is 9.53. The molecule has 0 bridgehead atoms. The average Bonchev–Trinajstić information content (AvgIpc) is 2.83. The van der Waals surface area contributed by atoms with Crippen molar-refractivity contribution in [1.82, 2.24) is 9.47 Å². The van der Waals surface area contributed by atoms with Crippen molar-refractivity contribution in [2.24, 2.45) is 0 Å². The molecule has 0 N–H and O–H groups in total. The fourth-order valence-corrected chi connectivity index (χ4v) is 3.42. The number of hydrogen-bond donors (Lipinski definition) is 0. The lowest BCUT2D eigenvalue weighted by molar-refractivity contribution is -0.127. The van der Waals surface area contributed by atoms with Gasteiger partial charge in [-0.15, -0.1) is 0 Å². The number of likely N-dealkylation sites (tertiary alicyclic amines) is 1. The number of methoxy groups -OCH3 is 1. The average molecular weight is 343 g/mol. The Hall–Kier alpha value is -2.06. The molecule has 0 aliphatic carbocycles. The van der Waals surface area contributed by atoms with Crippen LogP contribution in [0.3, 0.4) is 0 Å². The molecule has 1 fully saturated rings. The SMILES string of the molecule is COCCn1c(C)cc(/C=C(\C#N)C(=O)N2CCCCCCC2)c1C. The number of aryl methyl sites for hydroxylation is 1. The first-order valence-electron chi connectivity index (χ1n) is 9.15. The molecule has 0 radical (unpaired) electrons. The van der Waals surface area contributed by atoms with Crippen molar-refractivity contribution in [3.63, 3.8) is 0 Å². The van der Waals surface area contributed by atoms with Gasteiger partial charge in [-0.3, -0.25) is 4.79 Å². The fraction of sp³-hybridized carbons (Fsp3) is 0.600. The molecule has 1 saturated heterocycles.